The Morgan fingerprint density at radius 1 is 1.26 bits per heavy atom. The van der Waals surface area contributed by atoms with Gasteiger partial charge in [-0.3, -0.25) is 24.6 Å². The highest BCUT2D eigenvalue weighted by molar-refractivity contribution is 6.06. The number of imide groups is 2. The van der Waals surface area contributed by atoms with E-state index < -0.39 is 42.0 Å². The number of ether oxygens (including phenoxy) is 1. The number of urea groups is 2. The summed E-state index contributed by atoms with van der Waals surface area (Å²) < 4.78 is 4.66. The standard InChI is InChI=1S/C13H20N4O6/c1-4-14-11(21)15-8(18)7-23-9(19)5-6-17-10(20)13(2,3)16-12(17)22/h4-7H2,1-3H3,(H,16,22)(H2,14,15,18,21). The zero-order valence-electron chi connectivity index (χ0n) is 13.2. The molecule has 0 aromatic rings. The van der Waals surface area contributed by atoms with Gasteiger partial charge in [-0.2, -0.15) is 0 Å². The summed E-state index contributed by atoms with van der Waals surface area (Å²) in [6.07, 6.45) is -0.246. The number of nitrogens with one attached hydrogen (secondary N) is 3. The zero-order chi connectivity index (χ0) is 17.6. The highest BCUT2D eigenvalue weighted by atomic mass is 16.5. The minimum atomic E-state index is -1.01. The minimum Gasteiger partial charge on any atom is -0.456 e. The van der Waals surface area contributed by atoms with E-state index in [0.717, 1.165) is 4.90 Å². The molecule has 10 nitrogen and oxygen atoms in total. The summed E-state index contributed by atoms with van der Waals surface area (Å²) >= 11 is 0. The van der Waals surface area contributed by atoms with Crippen LogP contribution in [0.1, 0.15) is 27.2 Å². The van der Waals surface area contributed by atoms with Gasteiger partial charge in [-0.1, -0.05) is 0 Å². The fraction of sp³-hybridized carbons (Fsp3) is 0.615. The van der Waals surface area contributed by atoms with E-state index in [1.807, 2.05) is 5.32 Å². The van der Waals surface area contributed by atoms with Gasteiger partial charge in [-0.25, -0.2) is 9.59 Å². The minimum absolute atomic E-state index is 0.148. The number of carbonyl (C=O) groups is 5. The van der Waals surface area contributed by atoms with E-state index in [1.54, 1.807) is 20.8 Å². The van der Waals surface area contributed by atoms with Gasteiger partial charge in [0.1, 0.15) is 5.54 Å². The SMILES string of the molecule is CCNC(=O)NC(=O)COC(=O)CCN1C(=O)NC(C)(C)C1=O. The van der Waals surface area contributed by atoms with Gasteiger partial charge in [0.2, 0.25) is 0 Å². The second kappa shape index (κ2) is 7.56. The van der Waals surface area contributed by atoms with Gasteiger partial charge in [0, 0.05) is 13.1 Å². The Hall–Kier alpha value is -2.65. The second-order valence-corrected chi connectivity index (χ2v) is 5.33. The van der Waals surface area contributed by atoms with Crippen molar-refractivity contribution < 1.29 is 28.7 Å². The maximum atomic E-state index is 11.9. The monoisotopic (exact) mass is 328 g/mol. The van der Waals surface area contributed by atoms with Crippen molar-refractivity contribution in [2.45, 2.75) is 32.7 Å². The van der Waals surface area contributed by atoms with Crippen molar-refractivity contribution in [1.82, 2.24) is 20.9 Å². The maximum absolute atomic E-state index is 11.9. The highest BCUT2D eigenvalue weighted by Crippen LogP contribution is 2.16. The van der Waals surface area contributed by atoms with Gasteiger partial charge in [0.05, 0.1) is 6.42 Å². The van der Waals surface area contributed by atoms with E-state index >= 15 is 0 Å². The number of hydrogen-bond donors (Lipinski definition) is 3. The molecule has 3 N–H and O–H groups in total. The molecule has 10 heteroatoms. The number of rotatable bonds is 6. The van der Waals surface area contributed by atoms with Crippen molar-refractivity contribution in [3.63, 3.8) is 0 Å². The summed E-state index contributed by atoms with van der Waals surface area (Å²) in [6.45, 7) is 4.36. The maximum Gasteiger partial charge on any atom is 0.325 e. The van der Waals surface area contributed by atoms with Crippen LogP contribution in [0.3, 0.4) is 0 Å². The second-order valence-electron chi connectivity index (χ2n) is 5.33. The Labute approximate surface area is 132 Å². The fourth-order valence-corrected chi connectivity index (χ4v) is 1.81. The lowest BCUT2D eigenvalue weighted by Crippen LogP contribution is -2.41. The predicted molar refractivity (Wildman–Crippen MR) is 77.1 cm³/mol. The molecule has 0 radical (unpaired) electrons. The Balaban J connectivity index is 2.33. The summed E-state index contributed by atoms with van der Waals surface area (Å²) in [5, 5.41) is 6.78. The molecule has 0 spiro atoms. The van der Waals surface area contributed by atoms with Gasteiger partial charge < -0.3 is 15.4 Å². The molecule has 1 fully saturated rings. The van der Waals surface area contributed by atoms with Crippen LogP contribution >= 0.6 is 0 Å². The molecule has 23 heavy (non-hydrogen) atoms. The molecule has 1 aliphatic rings. The van der Waals surface area contributed by atoms with Crippen LogP contribution in [0.15, 0.2) is 0 Å². The average molecular weight is 328 g/mol. The predicted octanol–water partition coefficient (Wildman–Crippen LogP) is -0.904. The van der Waals surface area contributed by atoms with E-state index in [0.29, 0.717) is 6.54 Å². The van der Waals surface area contributed by atoms with Crippen LogP contribution in [0.25, 0.3) is 0 Å². The lowest BCUT2D eigenvalue weighted by molar-refractivity contribution is -0.148. The molecule has 1 saturated heterocycles. The Bertz CT molecular complexity index is 531. The molecule has 0 saturated carbocycles. The number of amides is 6. The van der Waals surface area contributed by atoms with Gasteiger partial charge in [0.15, 0.2) is 6.61 Å². The molecule has 1 heterocycles. The van der Waals surface area contributed by atoms with Gasteiger partial charge in [-0.15, -0.1) is 0 Å². The summed E-state index contributed by atoms with van der Waals surface area (Å²) in [5.41, 5.74) is -1.01. The van der Waals surface area contributed by atoms with Crippen LogP contribution in [0.5, 0.6) is 0 Å². The van der Waals surface area contributed by atoms with E-state index in [4.69, 9.17) is 0 Å². The van der Waals surface area contributed by atoms with Crippen LogP contribution in [0, 0.1) is 0 Å². The highest BCUT2D eigenvalue weighted by Gasteiger charge is 2.44. The van der Waals surface area contributed by atoms with Crippen LogP contribution in [-0.2, 0) is 19.1 Å². The zero-order valence-corrected chi connectivity index (χ0v) is 13.2. The molecule has 0 aromatic heterocycles. The first-order chi connectivity index (χ1) is 10.7. The smallest absolute Gasteiger partial charge is 0.325 e. The van der Waals surface area contributed by atoms with Crippen LogP contribution in [-0.4, -0.2) is 60.0 Å². The third-order valence-corrected chi connectivity index (χ3v) is 2.94. The molecule has 1 aliphatic heterocycles. The number of carbonyl (C=O) groups excluding carboxylic acids is 5. The van der Waals surface area contributed by atoms with Crippen LogP contribution in [0.4, 0.5) is 9.59 Å². The molecule has 0 atom stereocenters. The van der Waals surface area contributed by atoms with Crippen molar-refractivity contribution in [3.05, 3.63) is 0 Å². The molecule has 6 amide bonds. The van der Waals surface area contributed by atoms with Crippen molar-refractivity contribution in [2.24, 2.45) is 0 Å². The van der Waals surface area contributed by atoms with Crippen molar-refractivity contribution in [3.8, 4) is 0 Å². The molecular weight excluding hydrogens is 308 g/mol. The quantitative estimate of drug-likeness (QED) is 0.427. The summed E-state index contributed by atoms with van der Waals surface area (Å²) in [6, 6.07) is -1.27. The number of nitrogens with zero attached hydrogens (tertiary/aromatic N) is 1. The Morgan fingerprint density at radius 3 is 2.43 bits per heavy atom. The van der Waals surface area contributed by atoms with E-state index in [2.05, 4.69) is 15.4 Å². The number of esters is 1. The van der Waals surface area contributed by atoms with E-state index in [1.165, 1.54) is 0 Å². The molecule has 1 rings (SSSR count). The van der Waals surface area contributed by atoms with Gasteiger partial charge in [-0.05, 0) is 20.8 Å². The average Bonchev–Trinajstić information content (AvgIpc) is 2.63. The molecule has 0 aromatic carbocycles. The van der Waals surface area contributed by atoms with Crippen LogP contribution < -0.4 is 16.0 Å². The third-order valence-electron chi connectivity index (χ3n) is 2.94. The molecule has 0 bridgehead atoms. The lowest BCUT2D eigenvalue weighted by atomic mass is 10.1. The molecule has 0 aliphatic carbocycles. The number of hydrogen-bond acceptors (Lipinski definition) is 6. The molecule has 128 valence electrons. The molecular formula is C13H20N4O6. The van der Waals surface area contributed by atoms with Crippen molar-refractivity contribution >= 4 is 29.8 Å². The van der Waals surface area contributed by atoms with Crippen molar-refractivity contribution in [2.75, 3.05) is 19.7 Å². The first kappa shape index (κ1) is 18.4. The van der Waals surface area contributed by atoms with Gasteiger partial charge in [0.25, 0.3) is 11.8 Å². The molecule has 0 unspecified atom stereocenters. The van der Waals surface area contributed by atoms with Crippen molar-refractivity contribution in [1.29, 1.82) is 0 Å². The first-order valence-electron chi connectivity index (χ1n) is 7.04. The van der Waals surface area contributed by atoms with E-state index in [-0.39, 0.29) is 13.0 Å². The largest absolute Gasteiger partial charge is 0.456 e. The third kappa shape index (κ3) is 5.24. The summed E-state index contributed by atoms with van der Waals surface area (Å²) in [4.78, 5) is 58.3. The first-order valence-corrected chi connectivity index (χ1v) is 7.04. The normalized spacial score (nSPS) is 15.9. The van der Waals surface area contributed by atoms with Crippen LogP contribution in [0.2, 0.25) is 0 Å². The summed E-state index contributed by atoms with van der Waals surface area (Å²) in [7, 11) is 0. The summed E-state index contributed by atoms with van der Waals surface area (Å²) in [5.74, 6) is -1.98. The fourth-order valence-electron chi connectivity index (χ4n) is 1.81. The van der Waals surface area contributed by atoms with E-state index in [9.17, 15) is 24.0 Å². The lowest BCUT2D eigenvalue weighted by Gasteiger charge is -2.15. The van der Waals surface area contributed by atoms with Gasteiger partial charge >= 0.3 is 18.0 Å². The Morgan fingerprint density at radius 2 is 1.91 bits per heavy atom. The topological polar surface area (TPSA) is 134 Å². The Kier molecular flexibility index (Phi) is 6.05.